The Kier molecular flexibility index (Phi) is 4.24. The molecular weight excluding hydrogens is 287 g/mol. The molecule has 7 heteroatoms. The number of hydrogen-bond acceptors (Lipinski definition) is 4. The van der Waals surface area contributed by atoms with Crippen molar-refractivity contribution in [2.45, 2.75) is 26.0 Å². The van der Waals surface area contributed by atoms with Crippen LogP contribution in [0.4, 0.5) is 10.1 Å². The Morgan fingerprint density at radius 1 is 1.55 bits per heavy atom. The molecule has 2 N–H and O–H groups in total. The lowest BCUT2D eigenvalue weighted by molar-refractivity contribution is -0.133. The Hall–Kier alpha value is -2.72. The predicted molar refractivity (Wildman–Crippen MR) is 77.3 cm³/mol. The number of aryl methyl sites for hydroxylation is 1. The number of nitrogens with one attached hydrogen (secondary N) is 1. The molecule has 114 valence electrons. The van der Waals surface area contributed by atoms with E-state index in [0.29, 0.717) is 16.8 Å². The molecule has 1 unspecified atom stereocenters. The summed E-state index contributed by atoms with van der Waals surface area (Å²) in [5, 5.41) is 25.2. The van der Waals surface area contributed by atoms with Gasteiger partial charge in [0.2, 0.25) is 5.95 Å². The summed E-state index contributed by atoms with van der Waals surface area (Å²) in [5.74, 6) is -1.33. The number of aliphatic hydroxyl groups is 1. The molecule has 0 aliphatic carbocycles. The Morgan fingerprint density at radius 2 is 2.27 bits per heavy atom. The third-order valence-corrected chi connectivity index (χ3v) is 3.17. The van der Waals surface area contributed by atoms with Gasteiger partial charge in [-0.25, -0.2) is 0 Å². The van der Waals surface area contributed by atoms with Gasteiger partial charge in [-0.05, 0) is 37.6 Å². The van der Waals surface area contributed by atoms with Crippen molar-refractivity contribution in [3.8, 4) is 6.07 Å². The number of halogens is 1. The van der Waals surface area contributed by atoms with Crippen LogP contribution >= 0.6 is 0 Å². The monoisotopic (exact) mass is 302 g/mol. The first kappa shape index (κ1) is 15.7. The summed E-state index contributed by atoms with van der Waals surface area (Å²) in [6.45, 7) is 2.88. The van der Waals surface area contributed by atoms with Crippen LogP contribution in [0.1, 0.15) is 18.1 Å². The predicted octanol–water partition coefficient (Wildman–Crippen LogP) is 1.59. The van der Waals surface area contributed by atoms with E-state index in [-0.39, 0.29) is 6.54 Å². The smallest absolute Gasteiger partial charge is 0.257 e. The van der Waals surface area contributed by atoms with Gasteiger partial charge >= 0.3 is 0 Å². The molecule has 0 aliphatic rings. The Morgan fingerprint density at radius 3 is 2.82 bits per heavy atom. The Balaban J connectivity index is 2.10. The topological polar surface area (TPSA) is 90.9 Å². The fourth-order valence-electron chi connectivity index (χ4n) is 1.94. The van der Waals surface area contributed by atoms with Gasteiger partial charge < -0.3 is 10.4 Å². The van der Waals surface area contributed by atoms with Crippen LogP contribution in [0, 0.1) is 24.2 Å². The van der Waals surface area contributed by atoms with E-state index < -0.39 is 17.5 Å². The van der Waals surface area contributed by atoms with Gasteiger partial charge in [0, 0.05) is 18.0 Å². The maximum atomic E-state index is 12.8. The minimum absolute atomic E-state index is 0.183. The number of hydrogen-bond donors (Lipinski definition) is 2. The summed E-state index contributed by atoms with van der Waals surface area (Å²) in [6, 6.07) is 7.97. The summed E-state index contributed by atoms with van der Waals surface area (Å²) < 4.78 is 14.0. The van der Waals surface area contributed by atoms with Gasteiger partial charge in [0.15, 0.2) is 5.60 Å². The van der Waals surface area contributed by atoms with E-state index in [2.05, 4.69) is 10.4 Å². The summed E-state index contributed by atoms with van der Waals surface area (Å²) in [7, 11) is 0. The van der Waals surface area contributed by atoms with E-state index >= 15 is 0 Å². The molecule has 1 aromatic heterocycles. The van der Waals surface area contributed by atoms with Crippen molar-refractivity contribution < 1.29 is 14.3 Å². The van der Waals surface area contributed by atoms with Crippen LogP contribution in [0.3, 0.4) is 0 Å². The van der Waals surface area contributed by atoms with E-state index in [4.69, 9.17) is 5.26 Å². The van der Waals surface area contributed by atoms with Crippen molar-refractivity contribution >= 4 is 11.6 Å². The van der Waals surface area contributed by atoms with Crippen LogP contribution in [-0.4, -0.2) is 26.4 Å². The Labute approximate surface area is 126 Å². The van der Waals surface area contributed by atoms with Gasteiger partial charge in [-0.15, -0.1) is 5.10 Å². The lowest BCUT2D eigenvalue weighted by Crippen LogP contribution is -2.43. The molecule has 0 aliphatic heterocycles. The normalized spacial score (nSPS) is 13.2. The molecule has 0 spiro atoms. The van der Waals surface area contributed by atoms with Gasteiger partial charge in [-0.3, -0.25) is 9.48 Å². The fraction of sp³-hybridized carbons (Fsp3) is 0.267. The lowest BCUT2D eigenvalue weighted by atomic mass is 10.1. The van der Waals surface area contributed by atoms with Gasteiger partial charge in [-0.1, -0.05) is 0 Å². The van der Waals surface area contributed by atoms with Crippen LogP contribution in [0.25, 0.3) is 0 Å². The zero-order valence-corrected chi connectivity index (χ0v) is 12.2. The van der Waals surface area contributed by atoms with Crippen LogP contribution < -0.4 is 5.32 Å². The maximum Gasteiger partial charge on any atom is 0.257 e. The number of benzene rings is 1. The first-order chi connectivity index (χ1) is 10.3. The molecule has 1 aromatic carbocycles. The second-order valence-electron chi connectivity index (χ2n) is 5.21. The average molecular weight is 302 g/mol. The first-order valence-corrected chi connectivity index (χ1v) is 6.55. The molecule has 1 amide bonds. The minimum atomic E-state index is -1.76. The average Bonchev–Trinajstić information content (AvgIpc) is 2.83. The van der Waals surface area contributed by atoms with E-state index in [1.165, 1.54) is 13.1 Å². The van der Waals surface area contributed by atoms with E-state index in [1.54, 1.807) is 25.1 Å². The molecule has 0 fully saturated rings. The molecule has 0 radical (unpaired) electrons. The standard InChI is InChI=1S/C15H15FN4O2/c1-10-7-12(4-3-11(10)8-17)18-14(21)15(2,22)9-20-6-5-13(16)19-20/h3-7,22H,9H2,1-2H3,(H,18,21). The zero-order valence-electron chi connectivity index (χ0n) is 12.2. The number of aromatic nitrogens is 2. The maximum absolute atomic E-state index is 12.8. The lowest BCUT2D eigenvalue weighted by Gasteiger charge is -2.22. The van der Waals surface area contributed by atoms with Crippen molar-refractivity contribution in [3.05, 3.63) is 47.5 Å². The Bertz CT molecular complexity index is 746. The van der Waals surface area contributed by atoms with Crippen LogP contribution in [0.5, 0.6) is 0 Å². The van der Waals surface area contributed by atoms with E-state index in [9.17, 15) is 14.3 Å². The van der Waals surface area contributed by atoms with Crippen molar-refractivity contribution in [2.75, 3.05) is 5.32 Å². The number of carbonyl (C=O) groups is 1. The zero-order chi connectivity index (χ0) is 16.3. The number of nitrogens with zero attached hydrogens (tertiary/aromatic N) is 3. The van der Waals surface area contributed by atoms with Crippen molar-refractivity contribution in [3.63, 3.8) is 0 Å². The van der Waals surface area contributed by atoms with Crippen LogP contribution in [-0.2, 0) is 11.3 Å². The minimum Gasteiger partial charge on any atom is -0.378 e. The highest BCUT2D eigenvalue weighted by Crippen LogP contribution is 2.17. The molecule has 22 heavy (non-hydrogen) atoms. The fourth-order valence-corrected chi connectivity index (χ4v) is 1.94. The van der Waals surface area contributed by atoms with Crippen LogP contribution in [0.15, 0.2) is 30.5 Å². The summed E-state index contributed by atoms with van der Waals surface area (Å²) in [4.78, 5) is 12.2. The van der Waals surface area contributed by atoms with Crippen molar-refractivity contribution in [1.82, 2.24) is 9.78 Å². The SMILES string of the molecule is Cc1cc(NC(=O)C(C)(O)Cn2ccc(F)n2)ccc1C#N. The van der Waals surface area contributed by atoms with E-state index in [0.717, 1.165) is 10.7 Å². The molecule has 0 saturated carbocycles. The molecular formula is C15H15FN4O2. The molecule has 0 saturated heterocycles. The van der Waals surface area contributed by atoms with Crippen LogP contribution in [0.2, 0.25) is 0 Å². The number of carbonyl (C=O) groups excluding carboxylic acids is 1. The third kappa shape index (κ3) is 3.48. The number of rotatable bonds is 4. The van der Waals surface area contributed by atoms with Gasteiger partial charge in [0.25, 0.3) is 5.91 Å². The summed E-state index contributed by atoms with van der Waals surface area (Å²) in [5.41, 5.74) is -0.0698. The summed E-state index contributed by atoms with van der Waals surface area (Å²) >= 11 is 0. The van der Waals surface area contributed by atoms with Crippen molar-refractivity contribution in [2.24, 2.45) is 0 Å². The van der Waals surface area contributed by atoms with Gasteiger partial charge in [0.1, 0.15) is 0 Å². The highest BCUT2D eigenvalue weighted by Gasteiger charge is 2.31. The first-order valence-electron chi connectivity index (χ1n) is 6.55. The molecule has 1 heterocycles. The second-order valence-corrected chi connectivity index (χ2v) is 5.21. The van der Waals surface area contributed by atoms with E-state index in [1.807, 2.05) is 6.07 Å². The number of amides is 1. The second kappa shape index (κ2) is 5.95. The molecule has 6 nitrogen and oxygen atoms in total. The summed E-state index contributed by atoms with van der Waals surface area (Å²) in [6.07, 6.45) is 1.34. The largest absolute Gasteiger partial charge is 0.378 e. The molecule has 2 rings (SSSR count). The quantitative estimate of drug-likeness (QED) is 0.897. The van der Waals surface area contributed by atoms with Crippen molar-refractivity contribution in [1.29, 1.82) is 5.26 Å². The van der Waals surface area contributed by atoms with Gasteiger partial charge in [0.05, 0.1) is 18.2 Å². The highest BCUT2D eigenvalue weighted by atomic mass is 19.1. The molecule has 0 bridgehead atoms. The molecule has 1 atom stereocenters. The molecule has 2 aromatic rings. The number of nitriles is 1. The number of anilines is 1. The van der Waals surface area contributed by atoms with Gasteiger partial charge in [-0.2, -0.15) is 9.65 Å². The third-order valence-electron chi connectivity index (χ3n) is 3.17. The highest BCUT2D eigenvalue weighted by molar-refractivity contribution is 5.96.